The van der Waals surface area contributed by atoms with Crippen LogP contribution >= 0.6 is 0 Å². The van der Waals surface area contributed by atoms with E-state index in [0.29, 0.717) is 6.04 Å². The second kappa shape index (κ2) is 6.18. The first-order chi connectivity index (χ1) is 8.29. The van der Waals surface area contributed by atoms with Crippen molar-refractivity contribution in [1.82, 2.24) is 10.2 Å². The average Bonchev–Trinajstić information content (AvgIpc) is 2.84. The molecule has 2 rings (SSSR count). The molecule has 2 heteroatoms. The second-order valence-corrected chi connectivity index (χ2v) is 5.05. The Bertz CT molecular complexity index is 343. The molecule has 17 heavy (non-hydrogen) atoms. The van der Waals surface area contributed by atoms with Gasteiger partial charge in [0.25, 0.3) is 0 Å². The van der Waals surface area contributed by atoms with E-state index < -0.39 is 0 Å². The highest BCUT2D eigenvalue weighted by atomic mass is 15.1. The van der Waals surface area contributed by atoms with Crippen molar-refractivity contribution in [2.75, 3.05) is 19.6 Å². The van der Waals surface area contributed by atoms with Gasteiger partial charge in [0.2, 0.25) is 0 Å². The van der Waals surface area contributed by atoms with Gasteiger partial charge >= 0.3 is 0 Å². The predicted molar refractivity (Wildman–Crippen MR) is 73.2 cm³/mol. The van der Waals surface area contributed by atoms with E-state index in [-0.39, 0.29) is 0 Å². The number of nitrogens with zero attached hydrogens (tertiary/aromatic N) is 1. The highest BCUT2D eigenvalue weighted by Gasteiger charge is 2.17. The largest absolute Gasteiger partial charge is 0.313 e. The number of likely N-dealkylation sites (N-methyl/N-ethyl adjacent to an activating group) is 1. The van der Waals surface area contributed by atoms with Crippen LogP contribution in [0.3, 0.4) is 0 Å². The fourth-order valence-corrected chi connectivity index (χ4v) is 2.56. The molecule has 0 aliphatic carbocycles. The maximum absolute atomic E-state index is 3.58. The zero-order valence-corrected chi connectivity index (χ0v) is 11.1. The molecule has 1 heterocycles. The van der Waals surface area contributed by atoms with Crippen molar-refractivity contribution < 1.29 is 0 Å². The third-order valence-electron chi connectivity index (χ3n) is 3.74. The number of benzene rings is 1. The Morgan fingerprint density at radius 2 is 2.18 bits per heavy atom. The maximum atomic E-state index is 3.58. The fourth-order valence-electron chi connectivity index (χ4n) is 2.56. The van der Waals surface area contributed by atoms with E-state index in [9.17, 15) is 0 Å². The summed E-state index contributed by atoms with van der Waals surface area (Å²) in [4.78, 5) is 2.55. The first kappa shape index (κ1) is 12.6. The maximum Gasteiger partial charge on any atom is 0.0236 e. The van der Waals surface area contributed by atoms with Gasteiger partial charge in [-0.25, -0.2) is 0 Å². The van der Waals surface area contributed by atoms with E-state index >= 15 is 0 Å². The summed E-state index contributed by atoms with van der Waals surface area (Å²) in [5, 5.41) is 3.58. The molecule has 0 aromatic heterocycles. The summed E-state index contributed by atoms with van der Waals surface area (Å²) < 4.78 is 0. The molecule has 1 aromatic rings. The quantitative estimate of drug-likeness (QED) is 0.839. The highest BCUT2D eigenvalue weighted by Crippen LogP contribution is 2.13. The summed E-state index contributed by atoms with van der Waals surface area (Å²) in [5.41, 5.74) is 2.87. The zero-order valence-electron chi connectivity index (χ0n) is 11.1. The summed E-state index contributed by atoms with van der Waals surface area (Å²) in [5.74, 6) is 0. The Hall–Kier alpha value is -0.860. The van der Waals surface area contributed by atoms with Gasteiger partial charge in [0.15, 0.2) is 0 Å². The van der Waals surface area contributed by atoms with Gasteiger partial charge in [0, 0.05) is 19.1 Å². The van der Waals surface area contributed by atoms with Crippen LogP contribution in [-0.2, 0) is 6.54 Å². The normalized spacial score (nSPS) is 20.1. The van der Waals surface area contributed by atoms with Crippen molar-refractivity contribution in [3.05, 3.63) is 35.4 Å². The van der Waals surface area contributed by atoms with Crippen LogP contribution in [0.4, 0.5) is 0 Å². The SMILES string of the molecule is CCN(Cc1ccccc1C)CC1CCCN1. The average molecular weight is 232 g/mol. The van der Waals surface area contributed by atoms with Gasteiger partial charge in [0.1, 0.15) is 0 Å². The molecular formula is C15H24N2. The number of nitrogens with one attached hydrogen (secondary N) is 1. The molecule has 1 N–H and O–H groups in total. The molecule has 0 spiro atoms. The number of hydrogen-bond donors (Lipinski definition) is 1. The van der Waals surface area contributed by atoms with E-state index in [1.165, 1.54) is 37.1 Å². The smallest absolute Gasteiger partial charge is 0.0236 e. The van der Waals surface area contributed by atoms with E-state index in [1.807, 2.05) is 0 Å². The zero-order chi connectivity index (χ0) is 12.1. The first-order valence-corrected chi connectivity index (χ1v) is 6.80. The Morgan fingerprint density at radius 1 is 1.35 bits per heavy atom. The number of rotatable bonds is 5. The fraction of sp³-hybridized carbons (Fsp3) is 0.600. The summed E-state index contributed by atoms with van der Waals surface area (Å²) >= 11 is 0. The van der Waals surface area contributed by atoms with Gasteiger partial charge < -0.3 is 5.32 Å². The molecule has 94 valence electrons. The number of hydrogen-bond acceptors (Lipinski definition) is 2. The van der Waals surface area contributed by atoms with Crippen molar-refractivity contribution in [3.8, 4) is 0 Å². The van der Waals surface area contributed by atoms with Crippen molar-refractivity contribution in [3.63, 3.8) is 0 Å². The van der Waals surface area contributed by atoms with Crippen molar-refractivity contribution in [2.45, 2.75) is 39.3 Å². The summed E-state index contributed by atoms with van der Waals surface area (Å²) in [6.45, 7) is 9.06. The molecule has 1 atom stereocenters. The van der Waals surface area contributed by atoms with E-state index in [0.717, 1.165) is 13.1 Å². The van der Waals surface area contributed by atoms with Crippen molar-refractivity contribution in [2.24, 2.45) is 0 Å². The molecule has 1 aliphatic heterocycles. The predicted octanol–water partition coefficient (Wildman–Crippen LogP) is 2.57. The van der Waals surface area contributed by atoms with Gasteiger partial charge in [-0.15, -0.1) is 0 Å². The molecule has 1 unspecified atom stereocenters. The lowest BCUT2D eigenvalue weighted by Crippen LogP contribution is -2.37. The number of aryl methyl sites for hydroxylation is 1. The lowest BCUT2D eigenvalue weighted by molar-refractivity contribution is 0.253. The Morgan fingerprint density at radius 3 is 2.82 bits per heavy atom. The topological polar surface area (TPSA) is 15.3 Å². The van der Waals surface area contributed by atoms with Gasteiger partial charge in [0.05, 0.1) is 0 Å². The van der Waals surface area contributed by atoms with Crippen LogP contribution in [0, 0.1) is 6.92 Å². The van der Waals surface area contributed by atoms with E-state index in [1.54, 1.807) is 0 Å². The molecule has 0 radical (unpaired) electrons. The standard InChI is InChI=1S/C15H24N2/c1-3-17(12-15-9-6-10-16-15)11-14-8-5-4-7-13(14)2/h4-5,7-8,15-16H,3,6,9-12H2,1-2H3. The Kier molecular flexibility index (Phi) is 4.57. The lowest BCUT2D eigenvalue weighted by Gasteiger charge is -2.24. The minimum absolute atomic E-state index is 0.707. The van der Waals surface area contributed by atoms with Crippen molar-refractivity contribution >= 4 is 0 Å². The molecule has 1 aromatic carbocycles. The minimum atomic E-state index is 0.707. The summed E-state index contributed by atoms with van der Waals surface area (Å²) in [6, 6.07) is 9.42. The Balaban J connectivity index is 1.92. The van der Waals surface area contributed by atoms with Gasteiger partial charge in [-0.1, -0.05) is 31.2 Å². The highest BCUT2D eigenvalue weighted by molar-refractivity contribution is 5.25. The summed E-state index contributed by atoms with van der Waals surface area (Å²) in [6.07, 6.45) is 2.68. The van der Waals surface area contributed by atoms with Gasteiger partial charge in [-0.05, 0) is 44.0 Å². The summed E-state index contributed by atoms with van der Waals surface area (Å²) in [7, 11) is 0. The van der Waals surface area contributed by atoms with Crippen LogP contribution < -0.4 is 5.32 Å². The molecule has 2 nitrogen and oxygen atoms in total. The monoisotopic (exact) mass is 232 g/mol. The van der Waals surface area contributed by atoms with Crippen LogP contribution in [0.5, 0.6) is 0 Å². The molecule has 1 aliphatic rings. The molecule has 0 saturated carbocycles. The third kappa shape index (κ3) is 3.55. The molecule has 0 amide bonds. The van der Waals surface area contributed by atoms with Gasteiger partial charge in [-0.2, -0.15) is 0 Å². The first-order valence-electron chi connectivity index (χ1n) is 6.80. The minimum Gasteiger partial charge on any atom is -0.313 e. The van der Waals surface area contributed by atoms with Crippen LogP contribution in [0.25, 0.3) is 0 Å². The molecule has 1 saturated heterocycles. The van der Waals surface area contributed by atoms with Crippen LogP contribution in [0.15, 0.2) is 24.3 Å². The van der Waals surface area contributed by atoms with Crippen molar-refractivity contribution in [1.29, 1.82) is 0 Å². The van der Waals surface area contributed by atoms with Crippen LogP contribution in [0.1, 0.15) is 30.9 Å². The Labute approximate surface area is 105 Å². The second-order valence-electron chi connectivity index (χ2n) is 5.05. The van der Waals surface area contributed by atoms with E-state index in [2.05, 4.69) is 48.3 Å². The van der Waals surface area contributed by atoms with Crippen LogP contribution in [0.2, 0.25) is 0 Å². The lowest BCUT2D eigenvalue weighted by atomic mass is 10.1. The molecular weight excluding hydrogens is 208 g/mol. The van der Waals surface area contributed by atoms with Gasteiger partial charge in [-0.3, -0.25) is 4.90 Å². The third-order valence-corrected chi connectivity index (χ3v) is 3.74. The van der Waals surface area contributed by atoms with E-state index in [4.69, 9.17) is 0 Å². The molecule has 1 fully saturated rings. The molecule has 0 bridgehead atoms. The van der Waals surface area contributed by atoms with Crippen LogP contribution in [-0.4, -0.2) is 30.6 Å².